The highest BCUT2D eigenvalue weighted by atomic mass is 19.1. The summed E-state index contributed by atoms with van der Waals surface area (Å²) in [6.07, 6.45) is 1.77. The van der Waals surface area contributed by atoms with Gasteiger partial charge in [0, 0.05) is 35.0 Å². The Morgan fingerprint density at radius 1 is 0.892 bits per heavy atom. The van der Waals surface area contributed by atoms with Crippen LogP contribution in [0, 0.1) is 18.6 Å². The maximum absolute atomic E-state index is 15.0. The van der Waals surface area contributed by atoms with E-state index in [0.29, 0.717) is 16.8 Å². The van der Waals surface area contributed by atoms with Crippen LogP contribution in [0.3, 0.4) is 0 Å². The van der Waals surface area contributed by atoms with Crippen molar-refractivity contribution < 1.29 is 23.2 Å². The van der Waals surface area contributed by atoms with Gasteiger partial charge in [0.05, 0.1) is 0 Å². The van der Waals surface area contributed by atoms with Gasteiger partial charge in [-0.15, -0.1) is 0 Å². The third-order valence-electron chi connectivity index (χ3n) is 5.99. The molecule has 0 spiro atoms. The summed E-state index contributed by atoms with van der Waals surface area (Å²) >= 11 is 0. The van der Waals surface area contributed by atoms with Crippen molar-refractivity contribution in [2.75, 3.05) is 11.9 Å². The molecule has 0 aromatic heterocycles. The first-order valence-corrected chi connectivity index (χ1v) is 11.9. The number of rotatable bonds is 8. The fourth-order valence-electron chi connectivity index (χ4n) is 3.76. The van der Waals surface area contributed by atoms with Gasteiger partial charge in [0.25, 0.3) is 17.7 Å². The monoisotopic (exact) mass is 503 g/mol. The van der Waals surface area contributed by atoms with Crippen molar-refractivity contribution in [3.8, 4) is 11.1 Å². The Morgan fingerprint density at radius 3 is 2.24 bits per heavy atom. The number of carbonyl (C=O) groups excluding carboxylic acids is 3. The Bertz CT molecular complexity index is 1400. The highest BCUT2D eigenvalue weighted by molar-refractivity contribution is 6.11. The maximum atomic E-state index is 15.0. The van der Waals surface area contributed by atoms with Crippen LogP contribution in [0.1, 0.15) is 56.4 Å². The van der Waals surface area contributed by atoms with Crippen molar-refractivity contribution in [1.29, 1.82) is 0 Å². The summed E-state index contributed by atoms with van der Waals surface area (Å²) in [6, 6.07) is 12.5. The molecule has 4 rings (SSSR count). The Hall–Kier alpha value is -4.33. The minimum atomic E-state index is -0.591. The summed E-state index contributed by atoms with van der Waals surface area (Å²) in [5.41, 5.74) is 2.48. The number of hydrogen-bond donors (Lipinski definition) is 3. The quantitative estimate of drug-likeness (QED) is 0.360. The first-order chi connectivity index (χ1) is 17.6. The smallest absolute Gasteiger partial charge is 0.256 e. The molecule has 37 heavy (non-hydrogen) atoms. The fourth-order valence-corrected chi connectivity index (χ4v) is 3.76. The third-order valence-corrected chi connectivity index (χ3v) is 5.99. The summed E-state index contributed by atoms with van der Waals surface area (Å²) in [7, 11) is 0. The lowest BCUT2D eigenvalue weighted by Crippen LogP contribution is -2.26. The molecule has 0 radical (unpaired) electrons. The summed E-state index contributed by atoms with van der Waals surface area (Å²) in [4.78, 5) is 38.7. The second-order valence-corrected chi connectivity index (χ2v) is 9.24. The molecule has 6 nitrogen and oxygen atoms in total. The summed E-state index contributed by atoms with van der Waals surface area (Å²) in [5, 5.41) is 8.26. The molecule has 1 saturated carbocycles. The summed E-state index contributed by atoms with van der Waals surface area (Å²) in [5.74, 6) is -2.43. The number of benzene rings is 3. The molecular formula is C29H27F2N3O3. The zero-order valence-corrected chi connectivity index (χ0v) is 20.6. The minimum Gasteiger partial charge on any atom is -0.349 e. The van der Waals surface area contributed by atoms with Gasteiger partial charge in [0.2, 0.25) is 0 Å². The van der Waals surface area contributed by atoms with E-state index in [1.165, 1.54) is 42.5 Å². The Kier molecular flexibility index (Phi) is 7.47. The number of anilines is 1. The molecule has 0 saturated heterocycles. The molecule has 3 amide bonds. The van der Waals surface area contributed by atoms with Crippen molar-refractivity contribution >= 4 is 23.4 Å². The molecule has 3 N–H and O–H groups in total. The predicted octanol–water partition coefficient (Wildman–Crippen LogP) is 5.39. The van der Waals surface area contributed by atoms with Crippen molar-refractivity contribution in [3.05, 3.63) is 101 Å². The zero-order valence-electron chi connectivity index (χ0n) is 20.6. The lowest BCUT2D eigenvalue weighted by Gasteiger charge is -2.16. The molecule has 1 aliphatic rings. The van der Waals surface area contributed by atoms with E-state index in [1.54, 1.807) is 26.0 Å². The van der Waals surface area contributed by atoms with Crippen LogP contribution in [0.2, 0.25) is 0 Å². The minimum absolute atomic E-state index is 0.0920. The number of amides is 3. The molecule has 0 aliphatic heterocycles. The first-order valence-electron chi connectivity index (χ1n) is 11.9. The van der Waals surface area contributed by atoms with Crippen molar-refractivity contribution in [2.45, 2.75) is 32.7 Å². The molecular weight excluding hydrogens is 476 g/mol. The van der Waals surface area contributed by atoms with Gasteiger partial charge in [-0.05, 0) is 91.9 Å². The number of halogens is 2. The van der Waals surface area contributed by atoms with E-state index in [-0.39, 0.29) is 34.8 Å². The van der Waals surface area contributed by atoms with E-state index in [2.05, 4.69) is 22.5 Å². The Morgan fingerprint density at radius 2 is 1.59 bits per heavy atom. The normalized spacial score (nSPS) is 12.5. The van der Waals surface area contributed by atoms with Gasteiger partial charge in [-0.2, -0.15) is 0 Å². The molecule has 8 heteroatoms. The highest BCUT2D eigenvalue weighted by Crippen LogP contribution is 2.32. The van der Waals surface area contributed by atoms with Crippen molar-refractivity contribution in [3.63, 3.8) is 0 Å². The summed E-state index contributed by atoms with van der Waals surface area (Å²) in [6.45, 7) is 7.36. The van der Waals surface area contributed by atoms with Gasteiger partial charge < -0.3 is 16.0 Å². The van der Waals surface area contributed by atoms with Crippen LogP contribution in [0.4, 0.5) is 14.5 Å². The number of nitrogens with one attached hydrogen (secondary N) is 3. The van der Waals surface area contributed by atoms with E-state index in [0.717, 1.165) is 18.4 Å². The van der Waals surface area contributed by atoms with Gasteiger partial charge in [0.15, 0.2) is 0 Å². The van der Waals surface area contributed by atoms with Crippen LogP contribution in [-0.4, -0.2) is 30.3 Å². The third kappa shape index (κ3) is 6.27. The van der Waals surface area contributed by atoms with Crippen LogP contribution in [-0.2, 0) is 0 Å². The zero-order chi connectivity index (χ0) is 26.7. The molecule has 190 valence electrons. The largest absolute Gasteiger partial charge is 0.349 e. The molecule has 1 fully saturated rings. The summed E-state index contributed by atoms with van der Waals surface area (Å²) < 4.78 is 28.3. The average Bonchev–Trinajstić information content (AvgIpc) is 3.69. The predicted molar refractivity (Wildman–Crippen MR) is 139 cm³/mol. The van der Waals surface area contributed by atoms with Crippen LogP contribution >= 0.6 is 0 Å². The molecule has 0 bridgehead atoms. The fraction of sp³-hybridized carbons (Fsp3) is 0.207. The Labute approximate surface area is 213 Å². The van der Waals surface area contributed by atoms with E-state index < -0.39 is 29.4 Å². The van der Waals surface area contributed by atoms with Crippen molar-refractivity contribution in [2.24, 2.45) is 0 Å². The van der Waals surface area contributed by atoms with Crippen LogP contribution in [0.5, 0.6) is 0 Å². The first kappa shape index (κ1) is 25.8. The van der Waals surface area contributed by atoms with Crippen LogP contribution < -0.4 is 16.0 Å². The molecule has 0 heterocycles. The van der Waals surface area contributed by atoms with E-state index >= 15 is 0 Å². The lowest BCUT2D eigenvalue weighted by atomic mass is 9.91. The molecule has 3 aromatic rings. The second kappa shape index (κ2) is 10.7. The number of hydrogen-bond acceptors (Lipinski definition) is 3. The van der Waals surface area contributed by atoms with E-state index in [9.17, 15) is 23.2 Å². The Balaban J connectivity index is 1.77. The van der Waals surface area contributed by atoms with Gasteiger partial charge in [0.1, 0.15) is 11.6 Å². The molecule has 3 aromatic carbocycles. The lowest BCUT2D eigenvalue weighted by molar-refractivity contribution is 0.0944. The van der Waals surface area contributed by atoms with Gasteiger partial charge >= 0.3 is 0 Å². The SMILES string of the molecule is C=C(C)CNC(=O)c1ccc(-c2cc(C(=O)NC3CC3)cc(F)c2C)c(C(=O)Nc2ccc(F)cc2)c1. The maximum Gasteiger partial charge on any atom is 0.256 e. The second-order valence-electron chi connectivity index (χ2n) is 9.24. The van der Waals surface area contributed by atoms with E-state index in [4.69, 9.17) is 0 Å². The highest BCUT2D eigenvalue weighted by Gasteiger charge is 2.25. The van der Waals surface area contributed by atoms with Crippen LogP contribution in [0.25, 0.3) is 11.1 Å². The topological polar surface area (TPSA) is 87.3 Å². The van der Waals surface area contributed by atoms with Crippen LogP contribution in [0.15, 0.2) is 66.7 Å². The average molecular weight is 504 g/mol. The molecule has 1 aliphatic carbocycles. The van der Waals surface area contributed by atoms with Crippen molar-refractivity contribution in [1.82, 2.24) is 10.6 Å². The number of carbonyl (C=O) groups is 3. The van der Waals surface area contributed by atoms with Gasteiger partial charge in [-0.25, -0.2) is 8.78 Å². The van der Waals surface area contributed by atoms with E-state index in [1.807, 2.05) is 0 Å². The van der Waals surface area contributed by atoms with Gasteiger partial charge in [-0.1, -0.05) is 18.2 Å². The molecule has 0 atom stereocenters. The molecule has 0 unspecified atom stereocenters. The standard InChI is InChI=1S/C29H27F2N3O3/c1-16(2)15-32-27(35)18-4-11-23(25(12-18)29(37)34-21-7-5-20(30)6-8-21)24-13-19(14-26(31)17(24)3)28(36)33-22-9-10-22/h4-8,11-14,22H,1,9-10,15H2,2-3H3,(H,32,35)(H,33,36)(H,34,37). The van der Waals surface area contributed by atoms with Gasteiger partial charge in [-0.3, -0.25) is 14.4 Å².